The van der Waals surface area contributed by atoms with Gasteiger partial charge in [0, 0.05) is 20.1 Å². The first-order valence-corrected chi connectivity index (χ1v) is 13.3. The number of hydrogen-bond acceptors (Lipinski definition) is 9. The van der Waals surface area contributed by atoms with Gasteiger partial charge in [0.05, 0.1) is 23.8 Å². The van der Waals surface area contributed by atoms with Crippen LogP contribution in [-0.2, 0) is 46.3 Å². The average Bonchev–Trinajstić information content (AvgIpc) is 3.62. The first-order chi connectivity index (χ1) is 17.7. The third kappa shape index (κ3) is 12.6. The minimum Gasteiger partial charge on any atom is -0.741 e. The summed E-state index contributed by atoms with van der Waals surface area (Å²) in [6.07, 6.45) is 3.44. The Morgan fingerprint density at radius 1 is 0.639 bits per heavy atom. The molecule has 2 aromatic heterocycles. The Balaban J connectivity index is 0.000000237. The first-order valence-electron chi connectivity index (χ1n) is 10.1. The van der Waals surface area contributed by atoms with Crippen LogP contribution in [0.25, 0.3) is 0 Å². The van der Waals surface area contributed by atoms with E-state index >= 15 is 0 Å². The zero-order chi connectivity index (χ0) is 25.8. The number of thiophene rings is 2. The van der Waals surface area contributed by atoms with Crippen molar-refractivity contribution < 1.29 is 21.0 Å². The average molecular weight is 588 g/mol. The molecule has 2 aromatic carbocycles. The van der Waals surface area contributed by atoms with Crippen LogP contribution < -0.4 is 10.9 Å². The van der Waals surface area contributed by atoms with Gasteiger partial charge in [0.15, 0.2) is 0 Å². The summed E-state index contributed by atoms with van der Waals surface area (Å²) in [5.74, 6) is 0. The molecule has 0 saturated heterocycles. The molecule has 0 spiro atoms. The van der Waals surface area contributed by atoms with E-state index in [1.165, 1.54) is 0 Å². The zero-order valence-corrected chi connectivity index (χ0v) is 23.3. The molecule has 0 unspecified atom stereocenters. The second-order valence-electron chi connectivity index (χ2n) is 6.28. The molecule has 0 atom stereocenters. The third-order valence-corrected chi connectivity index (χ3v) is 5.74. The minimum absolute atomic E-state index is 0.351. The summed E-state index contributed by atoms with van der Waals surface area (Å²) in [7, 11) is 0. The maximum absolute atomic E-state index is 8.19. The van der Waals surface area contributed by atoms with Gasteiger partial charge in [-0.25, -0.2) is 0 Å². The molecule has 2 N–H and O–H groups in total. The summed E-state index contributed by atoms with van der Waals surface area (Å²) >= 11 is 14.4. The Labute approximate surface area is 238 Å². The second-order valence-corrected chi connectivity index (χ2v) is 9.01. The molecule has 0 aliphatic rings. The Hall–Kier alpha value is -3.06. The van der Waals surface area contributed by atoms with Crippen molar-refractivity contribution in [1.82, 2.24) is 10.9 Å². The van der Waals surface area contributed by atoms with Gasteiger partial charge < -0.3 is 25.3 Å². The predicted molar refractivity (Wildman–Crippen MR) is 153 cm³/mol. The molecule has 2 heterocycles. The van der Waals surface area contributed by atoms with Crippen molar-refractivity contribution in [1.29, 1.82) is 0 Å². The summed E-state index contributed by atoms with van der Waals surface area (Å²) in [6.45, 7) is 0. The van der Waals surface area contributed by atoms with Crippen LogP contribution in [0.1, 0.15) is 9.75 Å². The van der Waals surface area contributed by atoms with Crippen LogP contribution >= 0.6 is 22.7 Å². The monoisotopic (exact) mass is 587 g/mol. The van der Waals surface area contributed by atoms with Gasteiger partial charge in [-0.05, 0) is 47.2 Å². The van der Waals surface area contributed by atoms with Gasteiger partial charge in [-0.1, -0.05) is 48.5 Å². The molecule has 0 amide bonds. The maximum Gasteiger partial charge on any atom is 0.0644 e. The predicted octanol–water partition coefficient (Wildman–Crippen LogP) is 5.69. The van der Waals surface area contributed by atoms with Crippen LogP contribution in [0.5, 0.6) is 0 Å². The van der Waals surface area contributed by atoms with Crippen molar-refractivity contribution in [3.63, 3.8) is 0 Å². The van der Waals surface area contributed by atoms with Gasteiger partial charge in [-0.2, -0.15) is 10.2 Å². The number of para-hydroxylation sites is 2. The van der Waals surface area contributed by atoms with Crippen molar-refractivity contribution in [2.45, 2.75) is 0 Å². The van der Waals surface area contributed by atoms with Crippen LogP contribution in [-0.4, -0.2) is 22.8 Å². The van der Waals surface area contributed by atoms with E-state index in [4.69, 9.17) is 28.9 Å². The van der Waals surface area contributed by atoms with Crippen molar-refractivity contribution in [2.75, 3.05) is 0 Å². The van der Waals surface area contributed by atoms with Crippen molar-refractivity contribution in [3.8, 4) is 0 Å². The molecule has 0 bridgehead atoms. The molecule has 12 heteroatoms. The normalized spacial score (nSPS) is 11.4. The van der Waals surface area contributed by atoms with E-state index in [1.54, 1.807) is 35.1 Å². The van der Waals surface area contributed by atoms with Gasteiger partial charge >= 0.3 is 21.0 Å². The summed E-state index contributed by atoms with van der Waals surface area (Å²) in [4.78, 5) is 10.5. The van der Waals surface area contributed by atoms with E-state index in [0.717, 1.165) is 38.5 Å². The molecule has 0 radical (unpaired) electrons. The van der Waals surface area contributed by atoms with Gasteiger partial charge in [0.2, 0.25) is 0 Å². The van der Waals surface area contributed by atoms with Gasteiger partial charge in [-0.15, -0.1) is 22.7 Å². The van der Waals surface area contributed by atoms with E-state index in [-0.39, 0.29) is 0 Å². The Bertz CT molecular complexity index is 1130. The Morgan fingerprint density at radius 2 is 1.03 bits per heavy atom. The van der Waals surface area contributed by atoms with Crippen molar-refractivity contribution >= 4 is 82.1 Å². The zero-order valence-electron chi connectivity index (χ0n) is 18.7. The number of hydrazone groups is 2. The number of rotatable bonds is 6. The quantitative estimate of drug-likeness (QED) is 0.131. The summed E-state index contributed by atoms with van der Waals surface area (Å²) < 4.78 is 8.19. The molecule has 36 heavy (non-hydrogen) atoms. The molecule has 4 rings (SSSR count). The molecule has 7 nitrogen and oxygen atoms in total. The molecule has 0 fully saturated rings. The molecular weight excluding hydrogens is 568 g/mol. The van der Waals surface area contributed by atoms with Crippen LogP contribution in [0.15, 0.2) is 116 Å². The van der Waals surface area contributed by atoms with Crippen LogP contribution in [0.4, 0.5) is 11.4 Å². The van der Waals surface area contributed by atoms with E-state index in [9.17, 15) is 0 Å². The van der Waals surface area contributed by atoms with Crippen LogP contribution in [0.2, 0.25) is 0 Å². The standard InChI is InChI=1S/2C12H11N3S2.O.V/c2*16-12(14-10-5-2-1-3-6-10)15-13-9-11-7-4-8-17-11;;/h2*1-9H,(H2,14,15,16);;/q;;;+2/p-2/b2*13-9+;;. The topological polar surface area (TPSA) is 90.6 Å². The summed E-state index contributed by atoms with van der Waals surface area (Å²) in [6, 6.07) is 27.0. The molecular formula is C24H20N6OS4V. The second kappa shape index (κ2) is 18.2. The summed E-state index contributed by atoms with van der Waals surface area (Å²) in [5.41, 5.74) is 7.05. The number of aliphatic imine (C=N–C) groups is 2. The smallest absolute Gasteiger partial charge is 0.0644 e. The van der Waals surface area contributed by atoms with Crippen LogP contribution in [0.3, 0.4) is 0 Å². The number of nitrogens with one attached hydrogen (secondary N) is 2. The fourth-order valence-corrected chi connectivity index (χ4v) is 3.81. The van der Waals surface area contributed by atoms with E-state index in [0.29, 0.717) is 10.3 Å². The summed E-state index contributed by atoms with van der Waals surface area (Å²) in [5, 5.41) is 12.7. The maximum atomic E-state index is 8.19. The molecule has 0 saturated carbocycles. The Morgan fingerprint density at radius 3 is 1.36 bits per heavy atom. The van der Waals surface area contributed by atoms with Crippen LogP contribution in [0, 0.1) is 0 Å². The van der Waals surface area contributed by atoms with E-state index in [2.05, 4.69) is 31.0 Å². The number of nitrogens with zero attached hydrogens (tertiary/aromatic N) is 4. The van der Waals surface area contributed by atoms with E-state index in [1.807, 2.05) is 95.7 Å². The molecule has 0 aliphatic heterocycles. The SMILES string of the molecule is [O]=[V+2].[S-]C(=Nc1ccccc1)N/N=C/c1cccs1.[S-]C(=Nc1ccccc1)N/N=C/c1cccs1. The fourth-order valence-electron chi connectivity index (χ4n) is 2.32. The van der Waals surface area contributed by atoms with E-state index < -0.39 is 0 Å². The number of hydrogen-bond donors (Lipinski definition) is 2. The van der Waals surface area contributed by atoms with Crippen molar-refractivity contribution in [3.05, 3.63) is 105 Å². The molecule has 4 aromatic rings. The molecule has 181 valence electrons. The third-order valence-electron chi connectivity index (χ3n) is 3.76. The number of benzene rings is 2. The largest absolute Gasteiger partial charge is 0.741 e. The van der Waals surface area contributed by atoms with Gasteiger partial charge in [0.1, 0.15) is 0 Å². The van der Waals surface area contributed by atoms with Gasteiger partial charge in [-0.3, -0.25) is 20.8 Å². The van der Waals surface area contributed by atoms with Gasteiger partial charge in [0.25, 0.3) is 0 Å². The van der Waals surface area contributed by atoms with Crippen molar-refractivity contribution in [2.24, 2.45) is 20.2 Å². The fraction of sp³-hybridized carbons (Fsp3) is 0. The number of amidine groups is 2. The Kier molecular flexibility index (Phi) is 14.8. The minimum atomic E-state index is 0.351. The first kappa shape index (κ1) is 29.2. The molecule has 0 aliphatic carbocycles.